The van der Waals surface area contributed by atoms with Gasteiger partial charge in [0.2, 0.25) is 5.91 Å². The molecule has 6 heteroatoms. The minimum atomic E-state index is 0.0187. The number of hydrogen-bond acceptors (Lipinski definition) is 4. The van der Waals surface area contributed by atoms with Crippen molar-refractivity contribution in [1.29, 1.82) is 0 Å². The van der Waals surface area contributed by atoms with Gasteiger partial charge in [-0.15, -0.1) is 0 Å². The molecule has 126 valence electrons. The summed E-state index contributed by atoms with van der Waals surface area (Å²) in [5.74, 6) is 0.0187. The molecule has 2 aromatic rings. The van der Waals surface area contributed by atoms with Gasteiger partial charge in [0.05, 0.1) is 19.8 Å². The topological polar surface area (TPSA) is 41.6 Å². The Morgan fingerprint density at radius 3 is 2.25 bits per heavy atom. The lowest BCUT2D eigenvalue weighted by Crippen LogP contribution is -2.41. The molecule has 1 saturated heterocycles. The normalized spacial score (nSPS) is 15.2. The van der Waals surface area contributed by atoms with Gasteiger partial charge in [0.25, 0.3) is 0 Å². The highest BCUT2D eigenvalue weighted by molar-refractivity contribution is 9.10. The SMILES string of the molecule is O=C(CN1CCOCC1)Nc1ccc(Sc2ccc(Br)cc2)cc1. The maximum absolute atomic E-state index is 12.1. The predicted octanol–water partition coefficient (Wildman–Crippen LogP) is 3.87. The standard InChI is InChI=1S/C18H19BrN2O2S/c19-14-1-5-16(6-2-14)24-17-7-3-15(4-8-17)20-18(22)13-21-9-11-23-12-10-21/h1-8H,9-13H2,(H,20,22). The first-order valence-corrected chi connectivity index (χ1v) is 9.43. The Labute approximate surface area is 154 Å². The zero-order chi connectivity index (χ0) is 16.8. The number of ether oxygens (including phenoxy) is 1. The molecule has 0 spiro atoms. The number of morpholine rings is 1. The van der Waals surface area contributed by atoms with Crippen molar-refractivity contribution >= 4 is 39.3 Å². The van der Waals surface area contributed by atoms with Crippen LogP contribution in [0.3, 0.4) is 0 Å². The lowest BCUT2D eigenvalue weighted by atomic mass is 10.3. The largest absolute Gasteiger partial charge is 0.379 e. The summed E-state index contributed by atoms with van der Waals surface area (Å²) in [6.45, 7) is 3.45. The van der Waals surface area contributed by atoms with Crippen LogP contribution < -0.4 is 5.32 Å². The monoisotopic (exact) mass is 406 g/mol. The second-order valence-corrected chi connectivity index (χ2v) is 7.58. The number of carbonyl (C=O) groups is 1. The van der Waals surface area contributed by atoms with Crippen molar-refractivity contribution in [1.82, 2.24) is 4.90 Å². The Balaban J connectivity index is 1.52. The maximum Gasteiger partial charge on any atom is 0.238 e. The summed E-state index contributed by atoms with van der Waals surface area (Å²) in [7, 11) is 0. The number of nitrogens with one attached hydrogen (secondary N) is 1. The molecule has 24 heavy (non-hydrogen) atoms. The fourth-order valence-corrected chi connectivity index (χ4v) is 3.49. The lowest BCUT2D eigenvalue weighted by molar-refractivity contribution is -0.118. The molecule has 0 atom stereocenters. The summed E-state index contributed by atoms with van der Waals surface area (Å²) in [5.41, 5.74) is 0.827. The number of carbonyl (C=O) groups excluding carboxylic acids is 1. The first kappa shape index (κ1) is 17.5. The minimum Gasteiger partial charge on any atom is -0.379 e. The molecule has 3 rings (SSSR count). The van der Waals surface area contributed by atoms with Gasteiger partial charge < -0.3 is 10.1 Å². The summed E-state index contributed by atoms with van der Waals surface area (Å²) in [6.07, 6.45) is 0. The van der Waals surface area contributed by atoms with Gasteiger partial charge in [-0.3, -0.25) is 9.69 Å². The van der Waals surface area contributed by atoms with E-state index in [0.29, 0.717) is 19.8 Å². The number of rotatable bonds is 5. The Hall–Kier alpha value is -1.34. The number of amides is 1. The van der Waals surface area contributed by atoms with Crippen LogP contribution in [0.4, 0.5) is 5.69 Å². The third kappa shape index (κ3) is 5.34. The van der Waals surface area contributed by atoms with E-state index in [0.717, 1.165) is 28.1 Å². The highest BCUT2D eigenvalue weighted by Crippen LogP contribution is 2.29. The molecule has 0 aromatic heterocycles. The molecular formula is C18H19BrN2O2S. The summed E-state index contributed by atoms with van der Waals surface area (Å²) in [6, 6.07) is 16.1. The maximum atomic E-state index is 12.1. The van der Waals surface area contributed by atoms with Crippen LogP contribution in [0.25, 0.3) is 0 Å². The van der Waals surface area contributed by atoms with Gasteiger partial charge in [0, 0.05) is 33.0 Å². The van der Waals surface area contributed by atoms with Gasteiger partial charge in [0.1, 0.15) is 0 Å². The molecule has 0 bridgehead atoms. The number of benzene rings is 2. The van der Waals surface area contributed by atoms with E-state index in [1.807, 2.05) is 36.4 Å². The molecule has 2 aromatic carbocycles. The van der Waals surface area contributed by atoms with E-state index in [4.69, 9.17) is 4.74 Å². The van der Waals surface area contributed by atoms with E-state index in [9.17, 15) is 4.79 Å². The first-order chi connectivity index (χ1) is 11.7. The average molecular weight is 407 g/mol. The third-order valence-corrected chi connectivity index (χ3v) is 5.20. The van der Waals surface area contributed by atoms with E-state index in [-0.39, 0.29) is 5.91 Å². The van der Waals surface area contributed by atoms with E-state index in [1.165, 1.54) is 4.90 Å². The number of hydrogen-bond donors (Lipinski definition) is 1. The van der Waals surface area contributed by atoms with Crippen molar-refractivity contribution in [2.75, 3.05) is 38.2 Å². The summed E-state index contributed by atoms with van der Waals surface area (Å²) in [5, 5.41) is 2.95. The van der Waals surface area contributed by atoms with Crippen molar-refractivity contribution in [3.63, 3.8) is 0 Å². The van der Waals surface area contributed by atoms with Crippen molar-refractivity contribution in [3.05, 3.63) is 53.0 Å². The number of halogens is 1. The highest BCUT2D eigenvalue weighted by atomic mass is 79.9. The smallest absolute Gasteiger partial charge is 0.238 e. The van der Waals surface area contributed by atoms with E-state index in [1.54, 1.807) is 11.8 Å². The summed E-state index contributed by atoms with van der Waals surface area (Å²) >= 11 is 5.14. The molecule has 1 heterocycles. The van der Waals surface area contributed by atoms with E-state index >= 15 is 0 Å². The lowest BCUT2D eigenvalue weighted by Gasteiger charge is -2.25. The molecule has 1 fully saturated rings. The minimum absolute atomic E-state index is 0.0187. The zero-order valence-corrected chi connectivity index (χ0v) is 15.6. The van der Waals surface area contributed by atoms with Crippen LogP contribution in [0.15, 0.2) is 62.8 Å². The number of nitrogens with zero attached hydrogens (tertiary/aromatic N) is 1. The molecule has 4 nitrogen and oxygen atoms in total. The van der Waals surface area contributed by atoms with Crippen LogP contribution >= 0.6 is 27.7 Å². The molecule has 0 radical (unpaired) electrons. The molecule has 0 aliphatic carbocycles. The Morgan fingerprint density at radius 2 is 1.62 bits per heavy atom. The van der Waals surface area contributed by atoms with Gasteiger partial charge in [-0.05, 0) is 48.5 Å². The van der Waals surface area contributed by atoms with Crippen molar-refractivity contribution in [3.8, 4) is 0 Å². The molecule has 0 unspecified atom stereocenters. The Bertz CT molecular complexity index is 670. The Morgan fingerprint density at radius 1 is 1.04 bits per heavy atom. The van der Waals surface area contributed by atoms with Gasteiger partial charge in [-0.1, -0.05) is 27.7 Å². The number of anilines is 1. The second kappa shape index (κ2) is 8.67. The summed E-state index contributed by atoms with van der Waals surface area (Å²) < 4.78 is 6.36. The molecule has 1 aliphatic heterocycles. The molecule has 1 N–H and O–H groups in total. The molecule has 0 saturated carbocycles. The van der Waals surface area contributed by atoms with Crippen molar-refractivity contribution in [2.24, 2.45) is 0 Å². The van der Waals surface area contributed by atoms with Crippen LogP contribution in [-0.2, 0) is 9.53 Å². The molecular weight excluding hydrogens is 388 g/mol. The average Bonchev–Trinajstić information content (AvgIpc) is 2.59. The zero-order valence-electron chi connectivity index (χ0n) is 13.2. The van der Waals surface area contributed by atoms with Gasteiger partial charge in [0.15, 0.2) is 0 Å². The second-order valence-electron chi connectivity index (χ2n) is 5.52. The predicted molar refractivity (Wildman–Crippen MR) is 101 cm³/mol. The van der Waals surface area contributed by atoms with Crippen LogP contribution in [-0.4, -0.2) is 43.7 Å². The van der Waals surface area contributed by atoms with E-state index in [2.05, 4.69) is 38.3 Å². The molecule has 1 aliphatic rings. The van der Waals surface area contributed by atoms with Gasteiger partial charge in [-0.25, -0.2) is 0 Å². The highest BCUT2D eigenvalue weighted by Gasteiger charge is 2.14. The summed E-state index contributed by atoms with van der Waals surface area (Å²) in [4.78, 5) is 16.5. The first-order valence-electron chi connectivity index (χ1n) is 7.82. The fourth-order valence-electron chi connectivity index (χ4n) is 2.41. The van der Waals surface area contributed by atoms with E-state index < -0.39 is 0 Å². The van der Waals surface area contributed by atoms with Crippen LogP contribution in [0.1, 0.15) is 0 Å². The van der Waals surface area contributed by atoms with Crippen LogP contribution in [0.5, 0.6) is 0 Å². The van der Waals surface area contributed by atoms with Crippen LogP contribution in [0.2, 0.25) is 0 Å². The quantitative estimate of drug-likeness (QED) is 0.817. The third-order valence-electron chi connectivity index (χ3n) is 3.66. The Kier molecular flexibility index (Phi) is 6.31. The van der Waals surface area contributed by atoms with Crippen molar-refractivity contribution < 1.29 is 9.53 Å². The van der Waals surface area contributed by atoms with Crippen molar-refractivity contribution in [2.45, 2.75) is 9.79 Å². The molecule has 1 amide bonds. The van der Waals surface area contributed by atoms with Gasteiger partial charge >= 0.3 is 0 Å². The fraction of sp³-hybridized carbons (Fsp3) is 0.278. The van der Waals surface area contributed by atoms with Gasteiger partial charge in [-0.2, -0.15) is 0 Å². The van der Waals surface area contributed by atoms with Crippen LogP contribution in [0, 0.1) is 0 Å².